The molecule has 4 rings (SSSR count). The van der Waals surface area contributed by atoms with Crippen LogP contribution in [-0.2, 0) is 24.7 Å². The van der Waals surface area contributed by atoms with Gasteiger partial charge in [0.15, 0.2) is 0 Å². The van der Waals surface area contributed by atoms with Crippen molar-refractivity contribution in [2.45, 2.75) is 70.0 Å². The Morgan fingerprint density at radius 2 is 1.87 bits per heavy atom. The van der Waals surface area contributed by atoms with Gasteiger partial charge >= 0.3 is 11.9 Å². The fraction of sp³-hybridized carbons (Fsp3) is 0.538. The number of hydrogen-bond donors (Lipinski definition) is 1. The van der Waals surface area contributed by atoms with E-state index < -0.39 is 5.60 Å². The van der Waals surface area contributed by atoms with Crippen LogP contribution in [0, 0.1) is 23.7 Å². The molecule has 2 aromatic carbocycles. The average molecular weight is 441 g/mol. The number of carbonyl (C=O) groups is 2. The van der Waals surface area contributed by atoms with Gasteiger partial charge in [0.25, 0.3) is 0 Å². The first kappa shape index (κ1) is 22.2. The lowest BCUT2D eigenvalue weighted by Gasteiger charge is -2.32. The van der Waals surface area contributed by atoms with E-state index >= 15 is 0 Å². The van der Waals surface area contributed by atoms with Crippen LogP contribution in [0.3, 0.4) is 0 Å². The zero-order chi connectivity index (χ0) is 22.3. The van der Waals surface area contributed by atoms with E-state index in [1.807, 2.05) is 58.0 Å². The Labute approximate surface area is 190 Å². The van der Waals surface area contributed by atoms with Gasteiger partial charge in [-0.3, -0.25) is 9.59 Å². The van der Waals surface area contributed by atoms with E-state index in [4.69, 9.17) is 9.47 Å². The molecule has 0 spiro atoms. The van der Waals surface area contributed by atoms with Crippen LogP contribution < -0.4 is 0 Å². The van der Waals surface area contributed by atoms with E-state index in [0.717, 1.165) is 46.9 Å². The lowest BCUT2D eigenvalue weighted by molar-refractivity contribution is -0.166. The molecular formula is C26H32O4S. The molecule has 2 aliphatic rings. The zero-order valence-electron chi connectivity index (χ0n) is 18.8. The Morgan fingerprint density at radius 3 is 2.55 bits per heavy atom. The summed E-state index contributed by atoms with van der Waals surface area (Å²) in [6.45, 7) is 7.77. The molecule has 4 nitrogen and oxygen atoms in total. The molecule has 2 bridgehead atoms. The van der Waals surface area contributed by atoms with Gasteiger partial charge in [-0.1, -0.05) is 38.1 Å². The number of benzene rings is 2. The molecule has 31 heavy (non-hydrogen) atoms. The highest BCUT2D eigenvalue weighted by Crippen LogP contribution is 2.51. The minimum Gasteiger partial charge on any atom is -0.462 e. The second kappa shape index (κ2) is 8.50. The summed E-state index contributed by atoms with van der Waals surface area (Å²) in [4.78, 5) is 26.2. The van der Waals surface area contributed by atoms with Crippen molar-refractivity contribution in [3.8, 4) is 0 Å². The first-order chi connectivity index (χ1) is 14.7. The van der Waals surface area contributed by atoms with Gasteiger partial charge in [-0.25, -0.2) is 0 Å². The highest BCUT2D eigenvalue weighted by atomic mass is 32.1. The Morgan fingerprint density at radius 1 is 1.13 bits per heavy atom. The number of carbonyl (C=O) groups excluding carboxylic acids is 2. The maximum Gasteiger partial charge on any atom is 0.310 e. The summed E-state index contributed by atoms with van der Waals surface area (Å²) in [5, 5.41) is 2.17. The lowest BCUT2D eigenvalue weighted by atomic mass is 9.86. The van der Waals surface area contributed by atoms with E-state index in [9.17, 15) is 9.59 Å². The maximum atomic E-state index is 13.1. The van der Waals surface area contributed by atoms with Crippen LogP contribution in [0.2, 0.25) is 0 Å². The molecule has 0 aliphatic heterocycles. The van der Waals surface area contributed by atoms with Gasteiger partial charge in [0, 0.05) is 4.90 Å². The van der Waals surface area contributed by atoms with Gasteiger partial charge < -0.3 is 9.47 Å². The topological polar surface area (TPSA) is 52.6 Å². The SMILES string of the molecule is CCC(C)C(=O)OC1CC2CC1CC2C(=O)OC(C)(C)c1cc(S)c2ccccc2c1. The first-order valence-corrected chi connectivity index (χ1v) is 11.8. The summed E-state index contributed by atoms with van der Waals surface area (Å²) in [5.74, 6) is 0.0684. The van der Waals surface area contributed by atoms with Gasteiger partial charge in [-0.15, -0.1) is 12.6 Å². The third kappa shape index (κ3) is 4.34. The van der Waals surface area contributed by atoms with Crippen molar-refractivity contribution >= 4 is 35.3 Å². The Balaban J connectivity index is 1.42. The molecule has 5 unspecified atom stereocenters. The van der Waals surface area contributed by atoms with Crippen LogP contribution >= 0.6 is 12.6 Å². The normalized spacial score (nSPS) is 26.1. The molecular weight excluding hydrogens is 408 g/mol. The Kier molecular flexibility index (Phi) is 6.08. The van der Waals surface area contributed by atoms with E-state index in [1.165, 1.54) is 0 Å². The Bertz CT molecular complexity index is 998. The fourth-order valence-electron chi connectivity index (χ4n) is 5.11. The number of esters is 2. The van der Waals surface area contributed by atoms with E-state index in [1.54, 1.807) is 0 Å². The molecule has 2 aliphatic carbocycles. The highest BCUT2D eigenvalue weighted by Gasteiger charge is 2.51. The second-order valence-electron chi connectivity index (χ2n) is 9.77. The first-order valence-electron chi connectivity index (χ1n) is 11.3. The van der Waals surface area contributed by atoms with Crippen LogP contribution in [-0.4, -0.2) is 18.0 Å². The number of fused-ring (bicyclic) bond motifs is 3. The van der Waals surface area contributed by atoms with Gasteiger partial charge in [-0.2, -0.15) is 0 Å². The third-order valence-corrected chi connectivity index (χ3v) is 7.64. The molecule has 2 saturated carbocycles. The molecule has 2 fully saturated rings. The zero-order valence-corrected chi connectivity index (χ0v) is 19.7. The molecule has 0 radical (unpaired) electrons. The smallest absolute Gasteiger partial charge is 0.310 e. The molecule has 166 valence electrons. The quantitative estimate of drug-likeness (QED) is 0.448. The summed E-state index contributed by atoms with van der Waals surface area (Å²) in [7, 11) is 0. The van der Waals surface area contributed by atoms with Crippen LogP contribution in [0.15, 0.2) is 41.3 Å². The molecule has 5 atom stereocenters. The van der Waals surface area contributed by atoms with Crippen LogP contribution in [0.25, 0.3) is 10.8 Å². The number of rotatable bonds is 6. The van der Waals surface area contributed by atoms with Crippen molar-refractivity contribution in [3.05, 3.63) is 42.0 Å². The molecule has 0 amide bonds. The van der Waals surface area contributed by atoms with Crippen LogP contribution in [0.1, 0.15) is 58.9 Å². The largest absolute Gasteiger partial charge is 0.462 e. The summed E-state index contributed by atoms with van der Waals surface area (Å²) in [5.41, 5.74) is 0.191. The van der Waals surface area contributed by atoms with Crippen molar-refractivity contribution in [1.82, 2.24) is 0 Å². The number of hydrogen-bond acceptors (Lipinski definition) is 5. The van der Waals surface area contributed by atoms with E-state index in [2.05, 4.69) is 18.7 Å². The van der Waals surface area contributed by atoms with Crippen molar-refractivity contribution in [1.29, 1.82) is 0 Å². The lowest BCUT2D eigenvalue weighted by Crippen LogP contribution is -2.35. The minimum absolute atomic E-state index is 0.0456. The van der Waals surface area contributed by atoms with Gasteiger partial charge in [0.05, 0.1) is 11.8 Å². The summed E-state index contributed by atoms with van der Waals surface area (Å²) in [6.07, 6.45) is 3.19. The van der Waals surface area contributed by atoms with Crippen molar-refractivity contribution in [2.24, 2.45) is 23.7 Å². The van der Waals surface area contributed by atoms with E-state index in [-0.39, 0.29) is 41.7 Å². The molecule has 2 aromatic rings. The van der Waals surface area contributed by atoms with Crippen molar-refractivity contribution < 1.29 is 19.1 Å². The molecule has 5 heteroatoms. The monoisotopic (exact) mass is 440 g/mol. The molecule has 0 N–H and O–H groups in total. The van der Waals surface area contributed by atoms with Gasteiger partial charge in [0.1, 0.15) is 11.7 Å². The molecule has 0 saturated heterocycles. The minimum atomic E-state index is -0.747. The fourth-order valence-corrected chi connectivity index (χ4v) is 5.45. The third-order valence-electron chi connectivity index (χ3n) is 7.27. The standard InChI is InChI=1S/C26H32O4S/c1-5-15(2)24(27)29-22-13-17-10-18(22)12-21(17)25(28)30-26(3,4)19-11-16-8-6-7-9-20(16)23(31)14-19/h6-9,11,14-15,17-18,21-22,31H,5,10,12-13H2,1-4H3. The summed E-state index contributed by atoms with van der Waals surface area (Å²) in [6, 6.07) is 12.2. The predicted molar refractivity (Wildman–Crippen MR) is 124 cm³/mol. The summed E-state index contributed by atoms with van der Waals surface area (Å²) < 4.78 is 11.8. The van der Waals surface area contributed by atoms with E-state index in [0.29, 0.717) is 0 Å². The van der Waals surface area contributed by atoms with Gasteiger partial charge in [0.2, 0.25) is 0 Å². The predicted octanol–water partition coefficient (Wildman–Crippen LogP) is 5.91. The maximum absolute atomic E-state index is 13.1. The van der Waals surface area contributed by atoms with Gasteiger partial charge in [-0.05, 0) is 79.8 Å². The van der Waals surface area contributed by atoms with Crippen molar-refractivity contribution in [2.75, 3.05) is 0 Å². The Hall–Kier alpha value is -2.01. The van der Waals surface area contributed by atoms with Crippen LogP contribution in [0.4, 0.5) is 0 Å². The summed E-state index contributed by atoms with van der Waals surface area (Å²) >= 11 is 4.64. The molecule has 0 aromatic heterocycles. The highest BCUT2D eigenvalue weighted by molar-refractivity contribution is 7.80. The second-order valence-corrected chi connectivity index (χ2v) is 10.2. The van der Waals surface area contributed by atoms with Crippen LogP contribution in [0.5, 0.6) is 0 Å². The number of ether oxygens (including phenoxy) is 2. The van der Waals surface area contributed by atoms with Crippen molar-refractivity contribution in [3.63, 3.8) is 0 Å². The molecule has 0 heterocycles. The number of thiol groups is 1. The average Bonchev–Trinajstić information content (AvgIpc) is 3.33.